The molecule has 1 saturated heterocycles. The number of benzene rings is 2. The zero-order valence-corrected chi connectivity index (χ0v) is 17.7. The first kappa shape index (κ1) is 21.0. The topological polar surface area (TPSA) is 87.5 Å². The maximum atomic E-state index is 15.2. The van der Waals surface area contributed by atoms with Gasteiger partial charge in [0.2, 0.25) is 5.43 Å². The summed E-state index contributed by atoms with van der Waals surface area (Å²) in [5.41, 5.74) is 0.603. The monoisotopic (exact) mass is 450 g/mol. The molecule has 2 aromatic carbocycles. The van der Waals surface area contributed by atoms with E-state index >= 15 is 4.39 Å². The lowest BCUT2D eigenvalue weighted by Crippen LogP contribution is -2.46. The van der Waals surface area contributed by atoms with Gasteiger partial charge in [-0.1, -0.05) is 18.2 Å². The van der Waals surface area contributed by atoms with Gasteiger partial charge >= 0.3 is 5.97 Å². The summed E-state index contributed by atoms with van der Waals surface area (Å²) in [6.07, 6.45) is 1.23. The molecule has 9 heteroatoms. The van der Waals surface area contributed by atoms with Gasteiger partial charge in [0, 0.05) is 43.8 Å². The molecule has 33 heavy (non-hydrogen) atoms. The molecule has 3 heterocycles. The molecule has 168 valence electrons. The van der Waals surface area contributed by atoms with Crippen LogP contribution in [0.2, 0.25) is 0 Å². The number of aromatic carboxylic acids is 1. The highest BCUT2D eigenvalue weighted by Gasteiger charge is 2.25. The Morgan fingerprint density at radius 3 is 2.73 bits per heavy atom. The molecule has 0 saturated carbocycles. The lowest BCUT2D eigenvalue weighted by molar-refractivity contribution is 0.0695. The molecule has 0 aliphatic carbocycles. The van der Waals surface area contributed by atoms with Crippen molar-refractivity contribution in [2.75, 3.05) is 24.5 Å². The van der Waals surface area contributed by atoms with Crippen LogP contribution in [0.1, 0.15) is 22.0 Å². The molecule has 4 aromatic rings. The van der Waals surface area contributed by atoms with E-state index in [1.807, 2.05) is 4.90 Å². The van der Waals surface area contributed by atoms with Crippen molar-refractivity contribution in [3.63, 3.8) is 0 Å². The zero-order valence-electron chi connectivity index (χ0n) is 17.7. The number of hydrogen-bond donors (Lipinski definition) is 2. The van der Waals surface area contributed by atoms with Gasteiger partial charge in [-0.2, -0.15) is 0 Å². The van der Waals surface area contributed by atoms with Gasteiger partial charge in [0.1, 0.15) is 22.8 Å². The van der Waals surface area contributed by atoms with E-state index < -0.39 is 17.2 Å². The summed E-state index contributed by atoms with van der Waals surface area (Å²) in [6, 6.07) is 10.6. The number of aryl methyl sites for hydroxylation is 1. The predicted octanol–water partition coefficient (Wildman–Crippen LogP) is 3.21. The largest absolute Gasteiger partial charge is 0.477 e. The van der Waals surface area contributed by atoms with Gasteiger partial charge in [-0.05, 0) is 24.3 Å². The third kappa shape index (κ3) is 3.60. The molecule has 0 spiro atoms. The Hall–Kier alpha value is -3.85. The fourth-order valence-electron chi connectivity index (χ4n) is 4.40. The number of pyridine rings is 2. The Balaban J connectivity index is 1.59. The molecule has 0 radical (unpaired) electrons. The number of carboxylic acid groups (broad SMARTS) is 1. The normalized spacial score (nSPS) is 16.5. The summed E-state index contributed by atoms with van der Waals surface area (Å²) >= 11 is 0. The molecule has 1 fully saturated rings. The minimum absolute atomic E-state index is 0.110. The quantitative estimate of drug-likeness (QED) is 0.466. The minimum Gasteiger partial charge on any atom is -0.477 e. The van der Waals surface area contributed by atoms with Crippen molar-refractivity contribution in [3.05, 3.63) is 81.6 Å². The molecule has 2 aromatic heterocycles. The first-order valence-corrected chi connectivity index (χ1v) is 10.4. The van der Waals surface area contributed by atoms with Crippen LogP contribution >= 0.6 is 0 Å². The fourth-order valence-corrected chi connectivity index (χ4v) is 4.40. The van der Waals surface area contributed by atoms with Crippen molar-refractivity contribution < 1.29 is 18.7 Å². The van der Waals surface area contributed by atoms with E-state index in [0.29, 0.717) is 47.4 Å². The first-order chi connectivity index (χ1) is 15.8. The van der Waals surface area contributed by atoms with Gasteiger partial charge < -0.3 is 19.9 Å². The van der Waals surface area contributed by atoms with E-state index in [9.17, 15) is 19.1 Å². The van der Waals surface area contributed by atoms with E-state index in [0.717, 1.165) is 0 Å². The SMILES string of the molecule is Cn1cc(C(=O)O)c(=O)c2cc3cc(F)c(N4CCNC(c5ccccc5F)C4)cc3nc21. The number of fused-ring (bicyclic) bond motifs is 2. The van der Waals surface area contributed by atoms with E-state index in [2.05, 4.69) is 10.3 Å². The van der Waals surface area contributed by atoms with Crippen molar-refractivity contribution in [2.45, 2.75) is 6.04 Å². The number of piperazine rings is 1. The van der Waals surface area contributed by atoms with Crippen LogP contribution in [-0.4, -0.2) is 40.3 Å². The van der Waals surface area contributed by atoms with Crippen LogP contribution in [0.5, 0.6) is 0 Å². The summed E-state index contributed by atoms with van der Waals surface area (Å²) in [6.45, 7) is 1.45. The number of hydrogen-bond acceptors (Lipinski definition) is 5. The standard InChI is InChI=1S/C24H20F2N4O3/c1-29-11-16(24(32)33)22(31)15-8-13-9-18(26)21(10-19(13)28-23(15)29)30-7-6-27-20(12-30)14-4-2-3-5-17(14)25/h2-5,8-11,20,27H,6-7,12H2,1H3,(H,32,33). The molecule has 1 atom stereocenters. The van der Waals surface area contributed by atoms with Crippen molar-refractivity contribution in [3.8, 4) is 0 Å². The fraction of sp³-hybridized carbons (Fsp3) is 0.208. The molecule has 7 nitrogen and oxygen atoms in total. The van der Waals surface area contributed by atoms with Crippen LogP contribution < -0.4 is 15.6 Å². The average Bonchev–Trinajstić information content (AvgIpc) is 2.80. The summed E-state index contributed by atoms with van der Waals surface area (Å²) in [7, 11) is 1.60. The molecule has 2 N–H and O–H groups in total. The van der Waals surface area contributed by atoms with Crippen molar-refractivity contribution in [1.29, 1.82) is 0 Å². The molecule has 0 bridgehead atoms. The third-order valence-electron chi connectivity index (χ3n) is 6.04. The van der Waals surface area contributed by atoms with Gasteiger partial charge in [0.15, 0.2) is 0 Å². The molecule has 0 amide bonds. The van der Waals surface area contributed by atoms with Gasteiger partial charge in [-0.3, -0.25) is 4.79 Å². The maximum absolute atomic E-state index is 15.2. The van der Waals surface area contributed by atoms with Crippen LogP contribution in [0.4, 0.5) is 14.5 Å². The van der Waals surface area contributed by atoms with Crippen LogP contribution in [-0.2, 0) is 7.05 Å². The number of halogens is 2. The number of nitrogens with one attached hydrogen (secondary N) is 1. The highest BCUT2D eigenvalue weighted by atomic mass is 19.1. The number of anilines is 1. The third-order valence-corrected chi connectivity index (χ3v) is 6.04. The van der Waals surface area contributed by atoms with Crippen molar-refractivity contribution in [2.24, 2.45) is 7.05 Å². The number of rotatable bonds is 3. The number of carbonyl (C=O) groups is 1. The summed E-state index contributed by atoms with van der Waals surface area (Å²) in [4.78, 5) is 30.3. The first-order valence-electron chi connectivity index (χ1n) is 10.4. The molecular weight excluding hydrogens is 430 g/mol. The molecule has 1 aliphatic rings. The Bertz CT molecular complexity index is 1480. The lowest BCUT2D eigenvalue weighted by atomic mass is 10.0. The van der Waals surface area contributed by atoms with Gasteiger partial charge in [0.25, 0.3) is 0 Å². The van der Waals surface area contributed by atoms with Crippen molar-refractivity contribution >= 4 is 33.6 Å². The smallest absolute Gasteiger partial charge is 0.341 e. The van der Waals surface area contributed by atoms with E-state index in [1.54, 1.807) is 31.3 Å². The van der Waals surface area contributed by atoms with Crippen LogP contribution in [0, 0.1) is 11.6 Å². The molecule has 5 rings (SSSR count). The molecular formula is C24H20F2N4O3. The van der Waals surface area contributed by atoms with Crippen LogP contribution in [0.25, 0.3) is 21.9 Å². The Morgan fingerprint density at radius 2 is 1.97 bits per heavy atom. The second kappa shape index (κ2) is 7.93. The van der Waals surface area contributed by atoms with Gasteiger partial charge in [0.05, 0.1) is 22.6 Å². The molecule has 1 unspecified atom stereocenters. The van der Waals surface area contributed by atoms with E-state index in [-0.39, 0.29) is 22.8 Å². The van der Waals surface area contributed by atoms with Crippen LogP contribution in [0.3, 0.4) is 0 Å². The number of aromatic nitrogens is 2. The highest BCUT2D eigenvalue weighted by Crippen LogP contribution is 2.30. The second-order valence-electron chi connectivity index (χ2n) is 8.12. The number of nitrogens with zero attached hydrogens (tertiary/aromatic N) is 3. The van der Waals surface area contributed by atoms with Crippen molar-refractivity contribution in [1.82, 2.24) is 14.9 Å². The lowest BCUT2D eigenvalue weighted by Gasteiger charge is -2.35. The molecule has 1 aliphatic heterocycles. The summed E-state index contributed by atoms with van der Waals surface area (Å²) < 4.78 is 30.9. The minimum atomic E-state index is -1.33. The Labute approximate surface area is 186 Å². The number of carboxylic acids is 1. The second-order valence-corrected chi connectivity index (χ2v) is 8.12. The van der Waals surface area contributed by atoms with E-state index in [4.69, 9.17) is 0 Å². The van der Waals surface area contributed by atoms with Crippen LogP contribution in [0.15, 0.2) is 53.5 Å². The van der Waals surface area contributed by atoms with Gasteiger partial charge in [-0.15, -0.1) is 0 Å². The summed E-state index contributed by atoms with van der Waals surface area (Å²) in [5.74, 6) is -2.14. The average molecular weight is 450 g/mol. The predicted molar refractivity (Wildman–Crippen MR) is 121 cm³/mol. The maximum Gasteiger partial charge on any atom is 0.341 e. The summed E-state index contributed by atoms with van der Waals surface area (Å²) in [5, 5.41) is 13.1. The van der Waals surface area contributed by atoms with E-state index in [1.165, 1.54) is 29.0 Å². The zero-order chi connectivity index (χ0) is 23.3. The Kier molecular flexibility index (Phi) is 5.05. The van der Waals surface area contributed by atoms with Gasteiger partial charge in [-0.25, -0.2) is 18.6 Å². The highest BCUT2D eigenvalue weighted by molar-refractivity contribution is 5.96. The Morgan fingerprint density at radius 1 is 1.18 bits per heavy atom.